The Morgan fingerprint density at radius 2 is 2.05 bits per heavy atom. The maximum Gasteiger partial charge on any atom is 0.170 e. The van der Waals surface area contributed by atoms with Crippen LogP contribution >= 0.6 is 27.5 Å². The number of aryl methyl sites for hydroxylation is 1. The molecule has 0 aliphatic rings. The number of Topliss-reactive ketones (excluding diaryl/α,β-unsaturated/α-hetero) is 1. The molecular formula is C16H14BrClO2. The lowest BCUT2D eigenvalue weighted by atomic mass is 10.0. The third-order valence-electron chi connectivity index (χ3n) is 3.03. The molecule has 2 rings (SSSR count). The van der Waals surface area contributed by atoms with Gasteiger partial charge in [-0.3, -0.25) is 4.79 Å². The highest BCUT2D eigenvalue weighted by molar-refractivity contribution is 9.10. The Morgan fingerprint density at radius 1 is 1.30 bits per heavy atom. The summed E-state index contributed by atoms with van der Waals surface area (Å²) in [5, 5.41) is 0.632. The van der Waals surface area contributed by atoms with E-state index in [2.05, 4.69) is 15.9 Å². The topological polar surface area (TPSA) is 26.3 Å². The van der Waals surface area contributed by atoms with Gasteiger partial charge in [0.1, 0.15) is 5.75 Å². The van der Waals surface area contributed by atoms with Gasteiger partial charge in [-0.05, 0) is 42.3 Å². The molecule has 4 heteroatoms. The molecule has 104 valence electrons. The van der Waals surface area contributed by atoms with Crippen LogP contribution in [0.1, 0.15) is 21.5 Å². The number of ether oxygens (including phenoxy) is 1. The van der Waals surface area contributed by atoms with Gasteiger partial charge in [-0.15, -0.1) is 0 Å². The Morgan fingerprint density at radius 3 is 2.70 bits per heavy atom. The molecule has 0 saturated carbocycles. The number of hydrogen-bond donors (Lipinski definition) is 0. The second-order valence-electron chi connectivity index (χ2n) is 4.53. The number of ketones is 1. The number of carbonyl (C=O) groups is 1. The van der Waals surface area contributed by atoms with Crippen LogP contribution in [-0.4, -0.2) is 12.9 Å². The van der Waals surface area contributed by atoms with Gasteiger partial charge in [0, 0.05) is 15.9 Å². The minimum absolute atomic E-state index is 0.00446. The molecule has 0 saturated heterocycles. The van der Waals surface area contributed by atoms with Crippen molar-refractivity contribution in [1.82, 2.24) is 0 Å². The van der Waals surface area contributed by atoms with Gasteiger partial charge < -0.3 is 4.74 Å². The highest BCUT2D eigenvalue weighted by Crippen LogP contribution is 2.28. The number of halogens is 2. The van der Waals surface area contributed by atoms with E-state index in [0.29, 0.717) is 22.8 Å². The molecule has 2 aromatic rings. The van der Waals surface area contributed by atoms with Crippen LogP contribution in [0.5, 0.6) is 5.75 Å². The van der Waals surface area contributed by atoms with Crippen LogP contribution < -0.4 is 4.74 Å². The number of benzene rings is 2. The quantitative estimate of drug-likeness (QED) is 0.735. The Bertz CT molecular complexity index is 653. The van der Waals surface area contributed by atoms with Crippen LogP contribution in [0.15, 0.2) is 40.9 Å². The van der Waals surface area contributed by atoms with Gasteiger partial charge in [0.15, 0.2) is 5.78 Å². The zero-order chi connectivity index (χ0) is 14.7. The molecule has 0 atom stereocenters. The summed E-state index contributed by atoms with van der Waals surface area (Å²) in [6.07, 6.45) is 0.298. The van der Waals surface area contributed by atoms with Crippen LogP contribution in [0.4, 0.5) is 0 Å². The van der Waals surface area contributed by atoms with Crippen molar-refractivity contribution in [2.45, 2.75) is 13.3 Å². The van der Waals surface area contributed by atoms with Gasteiger partial charge in [-0.2, -0.15) is 0 Å². The summed E-state index contributed by atoms with van der Waals surface area (Å²) in [6.45, 7) is 1.96. The Kier molecular flexibility index (Phi) is 4.84. The smallest absolute Gasteiger partial charge is 0.170 e. The Labute approximate surface area is 131 Å². The van der Waals surface area contributed by atoms with E-state index in [1.807, 2.05) is 25.1 Å². The summed E-state index contributed by atoms with van der Waals surface area (Å²) in [7, 11) is 1.57. The normalized spacial score (nSPS) is 10.4. The van der Waals surface area contributed by atoms with Gasteiger partial charge in [0.25, 0.3) is 0 Å². The maximum atomic E-state index is 12.4. The molecule has 0 aliphatic heterocycles. The van der Waals surface area contributed by atoms with Crippen molar-refractivity contribution in [3.63, 3.8) is 0 Å². The Balaban J connectivity index is 2.31. The lowest BCUT2D eigenvalue weighted by Crippen LogP contribution is -2.06. The van der Waals surface area contributed by atoms with Gasteiger partial charge in [0.2, 0.25) is 0 Å². The van der Waals surface area contributed by atoms with Crippen molar-refractivity contribution in [3.05, 3.63) is 62.6 Å². The average Bonchev–Trinajstić information content (AvgIpc) is 2.41. The lowest BCUT2D eigenvalue weighted by molar-refractivity contribution is 0.0990. The van der Waals surface area contributed by atoms with Crippen molar-refractivity contribution < 1.29 is 9.53 Å². The van der Waals surface area contributed by atoms with E-state index < -0.39 is 0 Å². The fraction of sp³-hybridized carbons (Fsp3) is 0.188. The highest BCUT2D eigenvalue weighted by atomic mass is 79.9. The van der Waals surface area contributed by atoms with Crippen LogP contribution in [0, 0.1) is 6.92 Å². The molecule has 0 bridgehead atoms. The monoisotopic (exact) mass is 352 g/mol. The van der Waals surface area contributed by atoms with Gasteiger partial charge in [0.05, 0.1) is 12.7 Å². The first kappa shape index (κ1) is 15.1. The molecule has 0 aliphatic carbocycles. The summed E-state index contributed by atoms with van der Waals surface area (Å²) in [5.41, 5.74) is 2.49. The van der Waals surface area contributed by atoms with E-state index in [1.54, 1.807) is 25.3 Å². The molecule has 2 nitrogen and oxygen atoms in total. The molecule has 0 unspecified atom stereocenters. The molecule has 2 aromatic carbocycles. The fourth-order valence-electron chi connectivity index (χ4n) is 1.97. The minimum Gasteiger partial charge on any atom is -0.496 e. The van der Waals surface area contributed by atoms with E-state index >= 15 is 0 Å². The molecule has 0 radical (unpaired) electrons. The van der Waals surface area contributed by atoms with Crippen molar-refractivity contribution >= 4 is 33.3 Å². The first-order chi connectivity index (χ1) is 9.51. The fourth-order valence-corrected chi connectivity index (χ4v) is 2.53. The average molecular weight is 354 g/mol. The van der Waals surface area contributed by atoms with E-state index in [0.717, 1.165) is 15.6 Å². The second-order valence-corrected chi connectivity index (χ2v) is 5.82. The maximum absolute atomic E-state index is 12.4. The summed E-state index contributed by atoms with van der Waals surface area (Å²) >= 11 is 9.38. The van der Waals surface area contributed by atoms with Gasteiger partial charge >= 0.3 is 0 Å². The standard InChI is InChI=1S/C16H14BrClO2/c1-10-6-16(20-2)13(9-14(10)17)15(19)8-11-4-3-5-12(18)7-11/h3-7,9H,8H2,1-2H3. The number of carbonyl (C=O) groups excluding carboxylic acids is 1. The van der Waals surface area contributed by atoms with Crippen LogP contribution in [-0.2, 0) is 6.42 Å². The van der Waals surface area contributed by atoms with Crippen LogP contribution in [0.2, 0.25) is 5.02 Å². The van der Waals surface area contributed by atoms with E-state index in [1.165, 1.54) is 0 Å². The molecule has 0 amide bonds. The largest absolute Gasteiger partial charge is 0.496 e. The molecule has 0 aromatic heterocycles. The highest BCUT2D eigenvalue weighted by Gasteiger charge is 2.15. The van der Waals surface area contributed by atoms with E-state index in [9.17, 15) is 4.79 Å². The predicted octanol–water partition coefficient (Wildman–Crippen LogP) is 4.84. The molecule has 0 spiro atoms. The number of hydrogen-bond acceptors (Lipinski definition) is 2. The number of methoxy groups -OCH3 is 1. The summed E-state index contributed by atoms with van der Waals surface area (Å²) in [6, 6.07) is 11.0. The molecule has 0 N–H and O–H groups in total. The van der Waals surface area contributed by atoms with Gasteiger partial charge in [-0.25, -0.2) is 0 Å². The lowest BCUT2D eigenvalue weighted by Gasteiger charge is -2.10. The number of rotatable bonds is 4. The minimum atomic E-state index is 0.00446. The third kappa shape index (κ3) is 3.41. The van der Waals surface area contributed by atoms with E-state index in [4.69, 9.17) is 16.3 Å². The first-order valence-corrected chi connectivity index (χ1v) is 7.30. The molecular weight excluding hydrogens is 340 g/mol. The summed E-state index contributed by atoms with van der Waals surface area (Å²) in [4.78, 5) is 12.4. The van der Waals surface area contributed by atoms with Crippen molar-refractivity contribution in [3.8, 4) is 5.75 Å². The van der Waals surface area contributed by atoms with Gasteiger partial charge in [-0.1, -0.05) is 39.7 Å². The zero-order valence-electron chi connectivity index (χ0n) is 11.2. The SMILES string of the molecule is COc1cc(C)c(Br)cc1C(=O)Cc1cccc(Cl)c1. The van der Waals surface area contributed by atoms with Crippen molar-refractivity contribution in [2.24, 2.45) is 0 Å². The zero-order valence-corrected chi connectivity index (χ0v) is 13.6. The second kappa shape index (κ2) is 6.42. The Hall–Kier alpha value is -1.32. The molecule has 20 heavy (non-hydrogen) atoms. The molecule has 0 fully saturated rings. The third-order valence-corrected chi connectivity index (χ3v) is 4.12. The predicted molar refractivity (Wildman–Crippen MR) is 84.9 cm³/mol. The summed E-state index contributed by atoms with van der Waals surface area (Å²) < 4.78 is 6.19. The van der Waals surface area contributed by atoms with Crippen LogP contribution in [0.25, 0.3) is 0 Å². The van der Waals surface area contributed by atoms with Crippen LogP contribution in [0.3, 0.4) is 0 Å². The van der Waals surface area contributed by atoms with Crippen molar-refractivity contribution in [2.75, 3.05) is 7.11 Å². The van der Waals surface area contributed by atoms with E-state index in [-0.39, 0.29) is 5.78 Å². The molecule has 0 heterocycles. The summed E-state index contributed by atoms with van der Waals surface area (Å²) in [5.74, 6) is 0.600. The van der Waals surface area contributed by atoms with Crippen molar-refractivity contribution in [1.29, 1.82) is 0 Å². The first-order valence-electron chi connectivity index (χ1n) is 6.13.